The summed E-state index contributed by atoms with van der Waals surface area (Å²) < 4.78 is 13.2. The Morgan fingerprint density at radius 2 is 0.706 bits per heavy atom. The van der Waals surface area contributed by atoms with Crippen molar-refractivity contribution in [3.63, 3.8) is 0 Å². The minimum atomic E-state index is -0.839. The molecule has 0 saturated carbocycles. The molecule has 0 N–H and O–H groups in total. The first kappa shape index (κ1) is 61.0. The summed E-state index contributed by atoms with van der Waals surface area (Å²) in [6.07, 6.45) is 26.2. The van der Waals surface area contributed by atoms with Crippen molar-refractivity contribution in [3.8, 4) is 0 Å². The summed E-state index contributed by atoms with van der Waals surface area (Å²) in [4.78, 5) is 53.7. The number of aryl methyl sites for hydroxylation is 1. The maximum absolute atomic E-state index is 12.4. The first-order chi connectivity index (χ1) is 32.9. The number of imide groups is 2. The summed E-state index contributed by atoms with van der Waals surface area (Å²) in [5.41, 5.74) is 2.25. The third-order valence-corrected chi connectivity index (χ3v) is 33.9. The normalized spacial score (nSPS) is 13.1. The predicted octanol–water partition coefficient (Wildman–Crippen LogP) is 19.0. The van der Waals surface area contributed by atoms with Crippen LogP contribution < -0.4 is 0 Å². The molecule has 2 aromatic heterocycles. The molecule has 0 unspecified atom stereocenters. The van der Waals surface area contributed by atoms with E-state index in [4.69, 9.17) is 0 Å². The molecule has 0 fully saturated rings. The van der Waals surface area contributed by atoms with Crippen molar-refractivity contribution >= 4 is 122 Å². The van der Waals surface area contributed by atoms with E-state index in [0.29, 0.717) is 35.3 Å². The summed E-state index contributed by atoms with van der Waals surface area (Å²) in [7, 11) is 0. The zero-order chi connectivity index (χ0) is 49.8. The number of halogens is 1. The van der Waals surface area contributed by atoms with Crippen molar-refractivity contribution in [2.24, 2.45) is 0 Å². The number of unbranched alkanes of at least 4 members (excludes halogenated alkanes) is 12. The molecule has 2 aromatic carbocycles. The monoisotopic (exact) mass is 1250 g/mol. The molecule has 2 aliphatic heterocycles. The van der Waals surface area contributed by atoms with E-state index in [0.717, 1.165) is 75.3 Å². The molecule has 6 nitrogen and oxygen atoms in total. The quantitative estimate of drug-likeness (QED) is 0.0323. The van der Waals surface area contributed by atoms with Crippen LogP contribution in [0, 0.1) is 6.92 Å². The van der Waals surface area contributed by atoms with Gasteiger partial charge in [0.1, 0.15) is 0 Å². The Morgan fingerprint density at radius 3 is 1.04 bits per heavy atom. The maximum atomic E-state index is 12.4. The summed E-state index contributed by atoms with van der Waals surface area (Å²) in [5, 5.41) is 2.07. The van der Waals surface area contributed by atoms with Crippen molar-refractivity contribution in [1.29, 1.82) is 0 Å². The van der Waals surface area contributed by atoms with Gasteiger partial charge < -0.3 is 0 Å². The zero-order valence-electron chi connectivity index (χ0n) is 44.0. The van der Waals surface area contributed by atoms with Crippen molar-refractivity contribution in [2.45, 2.75) is 217 Å². The van der Waals surface area contributed by atoms with Crippen LogP contribution in [0.4, 0.5) is 0 Å². The molecule has 4 aromatic rings. The molecule has 11 heteroatoms. The van der Waals surface area contributed by atoms with Crippen LogP contribution in [0.3, 0.4) is 0 Å². The van der Waals surface area contributed by atoms with Gasteiger partial charge in [-0.1, -0.05) is 52.4 Å². The average molecular weight is 1250 g/mol. The molecule has 4 amide bonds. The number of amides is 4. The molecule has 2 aliphatic rings. The summed E-state index contributed by atoms with van der Waals surface area (Å²) in [5.74, 6) is -0.537. The fourth-order valence-electron chi connectivity index (χ4n) is 8.86. The Balaban J connectivity index is 0.000000248. The molecule has 0 spiro atoms. The van der Waals surface area contributed by atoms with E-state index < -0.39 is 39.5 Å². The average Bonchev–Trinajstić information content (AvgIpc) is 4.03. The topological polar surface area (TPSA) is 74.8 Å². The minimum absolute atomic E-state index is 0.126. The summed E-state index contributed by atoms with van der Waals surface area (Å²) in [6.45, 7) is 21.4. The second-order valence-corrected chi connectivity index (χ2v) is 39.9. The van der Waals surface area contributed by atoms with Crippen LogP contribution in [0.15, 0.2) is 40.2 Å². The summed E-state index contributed by atoms with van der Waals surface area (Å²) >= 11 is 5.01. The van der Waals surface area contributed by atoms with Crippen molar-refractivity contribution < 1.29 is 19.2 Å². The molecular weight excluding hydrogens is 1160 g/mol. The number of carbonyl (C=O) groups excluding carboxylic acids is 4. The molecule has 2 radical (unpaired) electrons. The van der Waals surface area contributed by atoms with Gasteiger partial charge >= 0.3 is 185 Å². The summed E-state index contributed by atoms with van der Waals surface area (Å²) in [6, 6.07) is 11.5. The molecule has 0 saturated heterocycles. The first-order valence-electron chi connectivity index (χ1n) is 27.1. The van der Waals surface area contributed by atoms with Gasteiger partial charge in [0.2, 0.25) is 0 Å². The van der Waals surface area contributed by atoms with E-state index in [2.05, 4.69) is 77.4 Å². The van der Waals surface area contributed by atoms with Crippen LogP contribution in [0.1, 0.15) is 230 Å². The number of thiophene rings is 2. The predicted molar refractivity (Wildman–Crippen MR) is 305 cm³/mol. The fourth-order valence-corrected chi connectivity index (χ4v) is 30.3. The van der Waals surface area contributed by atoms with Crippen LogP contribution in [0.5, 0.6) is 0 Å². The Labute approximate surface area is 444 Å². The van der Waals surface area contributed by atoms with Crippen molar-refractivity contribution in [3.05, 3.63) is 67.3 Å². The standard InChI is InChI=1S/C17H19NO2S.C16H16BrNO2S.6C4H9.2Sn/c1-3-4-5-6-7-18-16(19)13-9-12-8-11(2)21-15(12)10-14(13)17(18)20;1-2-3-4-5-6-18-15(19)11-7-10-8-14(17)21-13(10)9-12(11)16(18)20;6*1-3-4-2;;/h8-10H,3-7H2,1-2H3;7-9H,2-6H2,1H3;6*1,3-4H2,2H3;;. The Bertz CT molecular complexity index is 1830. The molecule has 0 aliphatic carbocycles. The number of fused-ring (bicyclic) bond motifs is 4. The molecule has 378 valence electrons. The van der Waals surface area contributed by atoms with Gasteiger partial charge in [0.05, 0.1) is 26.0 Å². The van der Waals surface area contributed by atoms with Gasteiger partial charge in [-0.3, -0.25) is 29.0 Å². The zero-order valence-corrected chi connectivity index (χ0v) is 52.9. The van der Waals surface area contributed by atoms with E-state index in [1.807, 2.05) is 37.3 Å². The number of hydrogen-bond donors (Lipinski definition) is 0. The van der Waals surface area contributed by atoms with E-state index in [1.54, 1.807) is 49.3 Å². The number of carbonyl (C=O) groups is 4. The number of benzene rings is 2. The Morgan fingerprint density at radius 1 is 0.397 bits per heavy atom. The Kier molecular flexibility index (Phi) is 31.4. The molecule has 0 bridgehead atoms. The number of rotatable bonds is 28. The van der Waals surface area contributed by atoms with Crippen molar-refractivity contribution in [1.82, 2.24) is 9.80 Å². The van der Waals surface area contributed by atoms with Gasteiger partial charge in [-0.25, -0.2) is 0 Å². The second kappa shape index (κ2) is 35.0. The van der Waals surface area contributed by atoms with Gasteiger partial charge in [-0.2, -0.15) is 0 Å². The molecule has 6 rings (SSSR count). The van der Waals surface area contributed by atoms with E-state index in [-0.39, 0.29) is 23.6 Å². The van der Waals surface area contributed by atoms with Gasteiger partial charge in [0.15, 0.2) is 0 Å². The van der Waals surface area contributed by atoms with E-state index >= 15 is 0 Å². The van der Waals surface area contributed by atoms with Crippen molar-refractivity contribution in [2.75, 3.05) is 13.1 Å². The van der Waals surface area contributed by atoms with Gasteiger partial charge in [0, 0.05) is 27.4 Å². The van der Waals surface area contributed by atoms with Crippen LogP contribution in [0.25, 0.3) is 20.2 Å². The van der Waals surface area contributed by atoms with E-state index in [1.165, 1.54) is 91.7 Å². The number of hydrogen-bond acceptors (Lipinski definition) is 6. The van der Waals surface area contributed by atoms with Crippen LogP contribution >= 0.6 is 38.6 Å². The van der Waals surface area contributed by atoms with Crippen LogP contribution in [-0.4, -0.2) is 86.0 Å². The first-order valence-corrected chi connectivity index (χ1v) is 41.6. The Hall–Kier alpha value is -1.28. The second-order valence-electron chi connectivity index (χ2n) is 19.0. The van der Waals surface area contributed by atoms with Crippen LogP contribution in [-0.2, 0) is 0 Å². The van der Waals surface area contributed by atoms with Crippen LogP contribution in [0.2, 0.25) is 26.6 Å². The molecule has 68 heavy (non-hydrogen) atoms. The molecule has 4 heterocycles. The fraction of sp³-hybridized carbons (Fsp3) is 0.649. The molecular formula is C57H89BrN2O4S2Sn2. The van der Waals surface area contributed by atoms with Gasteiger partial charge in [0.25, 0.3) is 23.6 Å². The van der Waals surface area contributed by atoms with Gasteiger partial charge in [-0.15, -0.1) is 22.7 Å². The SMILES string of the molecule is CCCCCCN1C(=O)c2cc3cc(Br)sc3cc2C1=O.CCCCCCN1C(=O)c2cc3cc(C)sc3cc2C1=O.CCC[CH2][Sn]([CH2]CCC)[CH2]CCC.CCC[CH2][Sn]([CH2]CCC)[CH2]CCC. The number of nitrogens with zero attached hydrogens (tertiary/aromatic N) is 2. The van der Waals surface area contributed by atoms with E-state index in [9.17, 15) is 19.2 Å². The third kappa shape index (κ3) is 20.0. The van der Waals surface area contributed by atoms with Gasteiger partial charge in [-0.05, 0) is 82.9 Å². The third-order valence-electron chi connectivity index (χ3n) is 13.1. The molecule has 0 atom stereocenters.